The highest BCUT2D eigenvalue weighted by Crippen LogP contribution is 2.24. The molecule has 6 nitrogen and oxygen atoms in total. The molecule has 3 aromatic carbocycles. The molecular formula is C26H23N3O3S. The molecule has 1 amide bonds. The molecule has 0 saturated heterocycles. The molecule has 0 unspecified atom stereocenters. The number of pyridine rings is 1. The van der Waals surface area contributed by atoms with E-state index >= 15 is 0 Å². The number of hydrogen-bond donors (Lipinski definition) is 2. The lowest BCUT2D eigenvalue weighted by atomic mass is 10.0. The van der Waals surface area contributed by atoms with E-state index in [4.69, 9.17) is 0 Å². The van der Waals surface area contributed by atoms with E-state index < -0.39 is 10.0 Å². The maximum Gasteiger partial charge on any atom is 0.261 e. The summed E-state index contributed by atoms with van der Waals surface area (Å²) < 4.78 is 27.9. The molecule has 0 atom stereocenters. The van der Waals surface area contributed by atoms with Gasteiger partial charge in [0.1, 0.15) is 0 Å². The number of anilines is 2. The van der Waals surface area contributed by atoms with Gasteiger partial charge in [-0.3, -0.25) is 14.5 Å². The third-order valence-electron chi connectivity index (χ3n) is 5.25. The van der Waals surface area contributed by atoms with Crippen LogP contribution < -0.4 is 10.0 Å². The SMILES string of the molecule is Cc1c(NS(=O)(=O)c2ccccc2)cccc1C(=O)Nc1ccc(Cc2ccncc2)cc1. The van der Waals surface area contributed by atoms with Gasteiger partial charge >= 0.3 is 0 Å². The zero-order valence-corrected chi connectivity index (χ0v) is 18.8. The molecule has 0 aliphatic rings. The minimum Gasteiger partial charge on any atom is -0.322 e. The summed E-state index contributed by atoms with van der Waals surface area (Å²) in [5, 5.41) is 2.89. The number of carbonyl (C=O) groups is 1. The van der Waals surface area contributed by atoms with Crippen molar-refractivity contribution in [1.82, 2.24) is 4.98 Å². The fraction of sp³-hybridized carbons (Fsp3) is 0.0769. The van der Waals surface area contributed by atoms with E-state index in [-0.39, 0.29) is 10.8 Å². The van der Waals surface area contributed by atoms with Crippen LogP contribution in [0.25, 0.3) is 0 Å². The molecule has 166 valence electrons. The Hall–Kier alpha value is -3.97. The van der Waals surface area contributed by atoms with E-state index in [9.17, 15) is 13.2 Å². The Balaban J connectivity index is 1.48. The zero-order valence-electron chi connectivity index (χ0n) is 18.0. The van der Waals surface area contributed by atoms with Crippen LogP contribution in [0.2, 0.25) is 0 Å². The summed E-state index contributed by atoms with van der Waals surface area (Å²) in [7, 11) is -3.75. The van der Waals surface area contributed by atoms with Crippen LogP contribution in [0.5, 0.6) is 0 Å². The minimum atomic E-state index is -3.75. The van der Waals surface area contributed by atoms with E-state index in [1.54, 1.807) is 55.7 Å². The van der Waals surface area contributed by atoms with E-state index in [2.05, 4.69) is 15.0 Å². The number of sulfonamides is 1. The van der Waals surface area contributed by atoms with Gasteiger partial charge in [0.05, 0.1) is 10.6 Å². The van der Waals surface area contributed by atoms with E-state index in [1.165, 1.54) is 12.1 Å². The first-order chi connectivity index (χ1) is 15.9. The third-order valence-corrected chi connectivity index (χ3v) is 6.63. The molecular weight excluding hydrogens is 434 g/mol. The van der Waals surface area contributed by atoms with Crippen molar-refractivity contribution in [3.8, 4) is 0 Å². The summed E-state index contributed by atoms with van der Waals surface area (Å²) in [6.07, 6.45) is 4.31. The number of rotatable bonds is 7. The Morgan fingerprint density at radius 3 is 2.18 bits per heavy atom. The van der Waals surface area contributed by atoms with Crippen LogP contribution >= 0.6 is 0 Å². The van der Waals surface area contributed by atoms with Gasteiger partial charge in [-0.1, -0.05) is 36.4 Å². The number of hydrogen-bond acceptors (Lipinski definition) is 4. The quantitative estimate of drug-likeness (QED) is 0.407. The van der Waals surface area contributed by atoms with Crippen LogP contribution in [0, 0.1) is 6.92 Å². The third kappa shape index (κ3) is 5.45. The number of amides is 1. The molecule has 0 saturated carbocycles. The standard InChI is InChI=1S/C26H23N3O3S/c1-19-24(8-5-9-25(19)29-33(31,32)23-6-3-2-4-7-23)26(30)28-22-12-10-20(11-13-22)18-21-14-16-27-17-15-21/h2-17,29H,18H2,1H3,(H,28,30). The lowest BCUT2D eigenvalue weighted by molar-refractivity contribution is 0.102. The second-order valence-corrected chi connectivity index (χ2v) is 9.26. The molecule has 33 heavy (non-hydrogen) atoms. The van der Waals surface area contributed by atoms with Gasteiger partial charge in [0.15, 0.2) is 0 Å². The number of nitrogens with zero attached hydrogens (tertiary/aromatic N) is 1. The first-order valence-electron chi connectivity index (χ1n) is 10.4. The summed E-state index contributed by atoms with van der Waals surface area (Å²) in [6, 6.07) is 24.7. The molecule has 4 aromatic rings. The largest absolute Gasteiger partial charge is 0.322 e. The van der Waals surface area contributed by atoms with E-state index in [1.807, 2.05) is 36.4 Å². The summed E-state index contributed by atoms with van der Waals surface area (Å²) in [4.78, 5) is 17.1. The molecule has 0 aliphatic carbocycles. The number of carbonyl (C=O) groups excluding carboxylic acids is 1. The molecule has 0 fully saturated rings. The predicted molar refractivity (Wildman–Crippen MR) is 130 cm³/mol. The maximum atomic E-state index is 12.9. The van der Waals surface area contributed by atoms with Gasteiger partial charge in [-0.2, -0.15) is 0 Å². The van der Waals surface area contributed by atoms with Gasteiger partial charge in [0, 0.05) is 23.6 Å². The maximum absolute atomic E-state index is 12.9. The number of aromatic nitrogens is 1. The Morgan fingerprint density at radius 2 is 1.48 bits per heavy atom. The smallest absolute Gasteiger partial charge is 0.261 e. The normalized spacial score (nSPS) is 11.1. The predicted octanol–water partition coefficient (Wildman–Crippen LogP) is 5.03. The minimum absolute atomic E-state index is 0.158. The zero-order chi connectivity index (χ0) is 23.3. The monoisotopic (exact) mass is 457 g/mol. The van der Waals surface area contributed by atoms with Gasteiger partial charge in [0.25, 0.3) is 15.9 Å². The fourth-order valence-electron chi connectivity index (χ4n) is 3.44. The van der Waals surface area contributed by atoms with Crippen molar-refractivity contribution in [2.24, 2.45) is 0 Å². The first kappa shape index (κ1) is 22.2. The number of benzene rings is 3. The summed E-state index contributed by atoms with van der Waals surface area (Å²) >= 11 is 0. The van der Waals surface area contributed by atoms with E-state index in [0.717, 1.165) is 17.5 Å². The van der Waals surface area contributed by atoms with Gasteiger partial charge in [-0.05, 0) is 78.6 Å². The Bertz CT molecular complexity index is 1360. The topological polar surface area (TPSA) is 88.2 Å². The van der Waals surface area contributed by atoms with Crippen molar-refractivity contribution in [2.75, 3.05) is 10.0 Å². The van der Waals surface area contributed by atoms with Crippen LogP contribution in [-0.4, -0.2) is 19.3 Å². The van der Waals surface area contributed by atoms with Gasteiger partial charge < -0.3 is 5.32 Å². The van der Waals surface area contributed by atoms with Crippen molar-refractivity contribution < 1.29 is 13.2 Å². The van der Waals surface area contributed by atoms with Crippen molar-refractivity contribution >= 4 is 27.3 Å². The lowest BCUT2D eigenvalue weighted by Crippen LogP contribution is -2.17. The highest BCUT2D eigenvalue weighted by Gasteiger charge is 2.18. The average Bonchev–Trinajstić information content (AvgIpc) is 2.83. The molecule has 1 aromatic heterocycles. The summed E-state index contributed by atoms with van der Waals surface area (Å²) in [6.45, 7) is 1.72. The van der Waals surface area contributed by atoms with Crippen molar-refractivity contribution in [3.63, 3.8) is 0 Å². The molecule has 2 N–H and O–H groups in total. The molecule has 0 aliphatic heterocycles. The van der Waals surface area contributed by atoms with Crippen LogP contribution in [0.4, 0.5) is 11.4 Å². The molecule has 0 bridgehead atoms. The highest BCUT2D eigenvalue weighted by molar-refractivity contribution is 7.92. The summed E-state index contributed by atoms with van der Waals surface area (Å²) in [5.74, 6) is -0.310. The molecule has 4 rings (SSSR count). The fourth-order valence-corrected chi connectivity index (χ4v) is 4.58. The second-order valence-electron chi connectivity index (χ2n) is 7.58. The molecule has 7 heteroatoms. The van der Waals surface area contributed by atoms with Crippen molar-refractivity contribution in [2.45, 2.75) is 18.2 Å². The highest BCUT2D eigenvalue weighted by atomic mass is 32.2. The van der Waals surface area contributed by atoms with Crippen LogP contribution in [-0.2, 0) is 16.4 Å². The van der Waals surface area contributed by atoms with Gasteiger partial charge in [-0.25, -0.2) is 8.42 Å². The average molecular weight is 458 g/mol. The second kappa shape index (κ2) is 9.67. The van der Waals surface area contributed by atoms with Gasteiger partial charge in [0.2, 0.25) is 0 Å². The van der Waals surface area contributed by atoms with Crippen molar-refractivity contribution in [1.29, 1.82) is 0 Å². The first-order valence-corrected chi connectivity index (χ1v) is 11.9. The van der Waals surface area contributed by atoms with Crippen molar-refractivity contribution in [3.05, 3.63) is 120 Å². The lowest BCUT2D eigenvalue weighted by Gasteiger charge is -2.14. The van der Waals surface area contributed by atoms with Gasteiger partial charge in [-0.15, -0.1) is 0 Å². The number of nitrogens with one attached hydrogen (secondary N) is 2. The Kier molecular flexibility index (Phi) is 6.51. The Labute approximate surface area is 193 Å². The van der Waals surface area contributed by atoms with Crippen LogP contribution in [0.1, 0.15) is 27.0 Å². The van der Waals surface area contributed by atoms with E-state index in [0.29, 0.717) is 22.5 Å². The summed E-state index contributed by atoms with van der Waals surface area (Å²) in [5.41, 5.74) is 4.24. The Morgan fingerprint density at radius 1 is 0.818 bits per heavy atom. The molecule has 0 radical (unpaired) electrons. The molecule has 0 spiro atoms. The van der Waals surface area contributed by atoms with Crippen LogP contribution in [0.15, 0.2) is 102 Å². The molecule has 1 heterocycles. The van der Waals surface area contributed by atoms with Crippen LogP contribution in [0.3, 0.4) is 0 Å².